The summed E-state index contributed by atoms with van der Waals surface area (Å²) in [5.74, 6) is 1.84. The average Bonchev–Trinajstić information content (AvgIpc) is 3.34. The Morgan fingerprint density at radius 1 is 1.24 bits per heavy atom. The fourth-order valence-electron chi connectivity index (χ4n) is 2.54. The molecular weight excluding hydrogens is 503 g/mol. The first-order valence-electron chi connectivity index (χ1n) is 9.32. The van der Waals surface area contributed by atoms with Gasteiger partial charge in [0.05, 0.1) is 30.7 Å². The Labute approximate surface area is 192 Å². The molecule has 156 valence electrons. The number of nitrogens with one attached hydrogen (secondary N) is 2. The molecule has 0 atom stereocenters. The molecule has 0 aliphatic rings. The summed E-state index contributed by atoms with van der Waals surface area (Å²) >= 11 is 5.94. The third kappa shape index (κ3) is 6.74. The van der Waals surface area contributed by atoms with Crippen molar-refractivity contribution < 1.29 is 4.52 Å². The van der Waals surface area contributed by atoms with Crippen LogP contribution in [0.3, 0.4) is 0 Å². The van der Waals surface area contributed by atoms with Gasteiger partial charge in [-0.25, -0.2) is 9.67 Å². The molecule has 0 fully saturated rings. The van der Waals surface area contributed by atoms with E-state index in [4.69, 9.17) is 16.1 Å². The standard InChI is InChI=1S/C20H25ClN6O.HI/c1-4-22-20(24-12-18-9-19(14(2)3)26-28-18)23-10-15-11-25-27(13-15)17-7-5-16(21)6-8-17;/h5-9,11,13-14H,4,10,12H2,1-3H3,(H2,22,23,24);1H. The van der Waals surface area contributed by atoms with E-state index < -0.39 is 0 Å². The second-order valence-electron chi connectivity index (χ2n) is 6.69. The normalized spacial score (nSPS) is 11.4. The highest BCUT2D eigenvalue weighted by Crippen LogP contribution is 2.14. The van der Waals surface area contributed by atoms with Crippen molar-refractivity contribution in [3.63, 3.8) is 0 Å². The molecule has 3 aromatic rings. The lowest BCUT2D eigenvalue weighted by Crippen LogP contribution is -2.36. The van der Waals surface area contributed by atoms with Crippen molar-refractivity contribution in [3.05, 3.63) is 64.8 Å². The summed E-state index contributed by atoms with van der Waals surface area (Å²) in [6.07, 6.45) is 3.77. The molecule has 0 aliphatic heterocycles. The van der Waals surface area contributed by atoms with Gasteiger partial charge < -0.3 is 15.2 Å². The number of halogens is 2. The Balaban J connectivity index is 0.00000300. The summed E-state index contributed by atoms with van der Waals surface area (Å²) in [4.78, 5) is 4.62. The van der Waals surface area contributed by atoms with Crippen LogP contribution in [0.1, 0.15) is 43.7 Å². The Bertz CT molecular complexity index is 919. The number of hydrogen-bond donors (Lipinski definition) is 2. The molecule has 2 N–H and O–H groups in total. The number of aromatic nitrogens is 3. The summed E-state index contributed by atoms with van der Waals surface area (Å²) in [6, 6.07) is 9.51. The highest BCUT2D eigenvalue weighted by molar-refractivity contribution is 14.0. The second kappa shape index (κ2) is 11.2. The van der Waals surface area contributed by atoms with Gasteiger partial charge in [-0.3, -0.25) is 0 Å². The predicted octanol–water partition coefficient (Wildman–Crippen LogP) is 4.51. The Kier molecular flexibility index (Phi) is 8.97. The average molecular weight is 529 g/mol. The van der Waals surface area contributed by atoms with Crippen LogP contribution in [-0.4, -0.2) is 27.4 Å². The maximum absolute atomic E-state index is 5.94. The van der Waals surface area contributed by atoms with Crippen LogP contribution < -0.4 is 10.6 Å². The van der Waals surface area contributed by atoms with E-state index >= 15 is 0 Å². The second-order valence-corrected chi connectivity index (χ2v) is 7.13. The molecule has 2 heterocycles. The van der Waals surface area contributed by atoms with Gasteiger partial charge in [0.15, 0.2) is 11.7 Å². The lowest BCUT2D eigenvalue weighted by atomic mass is 10.1. The van der Waals surface area contributed by atoms with Gasteiger partial charge in [0.2, 0.25) is 0 Å². The monoisotopic (exact) mass is 528 g/mol. The van der Waals surface area contributed by atoms with Crippen LogP contribution >= 0.6 is 35.6 Å². The van der Waals surface area contributed by atoms with Crippen molar-refractivity contribution in [2.24, 2.45) is 4.99 Å². The van der Waals surface area contributed by atoms with Crippen molar-refractivity contribution in [1.82, 2.24) is 25.6 Å². The van der Waals surface area contributed by atoms with E-state index in [0.29, 0.717) is 30.0 Å². The molecule has 0 spiro atoms. The van der Waals surface area contributed by atoms with E-state index in [1.807, 2.05) is 54.3 Å². The maximum atomic E-state index is 5.94. The van der Waals surface area contributed by atoms with E-state index in [-0.39, 0.29) is 24.0 Å². The first-order valence-corrected chi connectivity index (χ1v) is 9.70. The first-order chi connectivity index (χ1) is 13.5. The third-order valence-corrected chi connectivity index (χ3v) is 4.34. The summed E-state index contributed by atoms with van der Waals surface area (Å²) < 4.78 is 7.17. The van der Waals surface area contributed by atoms with E-state index in [2.05, 4.69) is 39.7 Å². The van der Waals surface area contributed by atoms with Gasteiger partial charge in [0.1, 0.15) is 0 Å². The highest BCUT2D eigenvalue weighted by Gasteiger charge is 2.08. The summed E-state index contributed by atoms with van der Waals surface area (Å²) in [6.45, 7) is 8.01. The van der Waals surface area contributed by atoms with Gasteiger partial charge in [-0.15, -0.1) is 24.0 Å². The Morgan fingerprint density at radius 2 is 2.00 bits per heavy atom. The van der Waals surface area contributed by atoms with Crippen molar-refractivity contribution in [1.29, 1.82) is 0 Å². The molecule has 7 nitrogen and oxygen atoms in total. The first kappa shape index (κ1) is 23.2. The van der Waals surface area contributed by atoms with Gasteiger partial charge >= 0.3 is 0 Å². The van der Waals surface area contributed by atoms with Gasteiger partial charge in [0, 0.05) is 29.4 Å². The zero-order chi connectivity index (χ0) is 19.9. The zero-order valence-corrected chi connectivity index (χ0v) is 19.8. The largest absolute Gasteiger partial charge is 0.359 e. The van der Waals surface area contributed by atoms with E-state index in [9.17, 15) is 0 Å². The summed E-state index contributed by atoms with van der Waals surface area (Å²) in [5, 5.41) is 15.7. The minimum Gasteiger partial charge on any atom is -0.359 e. The third-order valence-electron chi connectivity index (χ3n) is 4.09. The molecule has 9 heteroatoms. The molecular formula is C20H26ClIN6O. The van der Waals surface area contributed by atoms with Crippen LogP contribution in [0.2, 0.25) is 5.02 Å². The van der Waals surface area contributed by atoms with Crippen molar-refractivity contribution in [2.45, 2.75) is 39.8 Å². The maximum Gasteiger partial charge on any atom is 0.191 e. The topological polar surface area (TPSA) is 80.3 Å². The van der Waals surface area contributed by atoms with Gasteiger partial charge in [-0.1, -0.05) is 30.6 Å². The van der Waals surface area contributed by atoms with Crippen LogP contribution in [0.25, 0.3) is 5.69 Å². The molecule has 0 saturated carbocycles. The highest BCUT2D eigenvalue weighted by atomic mass is 127. The minimum absolute atomic E-state index is 0. The molecule has 0 bridgehead atoms. The van der Waals surface area contributed by atoms with E-state index in [0.717, 1.165) is 29.2 Å². The van der Waals surface area contributed by atoms with Crippen molar-refractivity contribution >= 4 is 41.5 Å². The predicted molar refractivity (Wildman–Crippen MR) is 126 cm³/mol. The van der Waals surface area contributed by atoms with E-state index in [1.54, 1.807) is 0 Å². The smallest absolute Gasteiger partial charge is 0.191 e. The summed E-state index contributed by atoms with van der Waals surface area (Å²) in [5.41, 5.74) is 2.92. The van der Waals surface area contributed by atoms with Crippen molar-refractivity contribution in [2.75, 3.05) is 6.54 Å². The quantitative estimate of drug-likeness (QED) is 0.268. The Morgan fingerprint density at radius 3 is 2.66 bits per heavy atom. The van der Waals surface area contributed by atoms with E-state index in [1.165, 1.54) is 0 Å². The van der Waals surface area contributed by atoms with Crippen LogP contribution in [-0.2, 0) is 13.1 Å². The van der Waals surface area contributed by atoms with Crippen LogP contribution in [0.5, 0.6) is 0 Å². The molecule has 29 heavy (non-hydrogen) atoms. The van der Waals surface area contributed by atoms with Gasteiger partial charge in [-0.05, 0) is 37.1 Å². The lowest BCUT2D eigenvalue weighted by Gasteiger charge is -2.09. The number of benzene rings is 1. The molecule has 0 radical (unpaired) electrons. The molecule has 1 aromatic carbocycles. The number of guanidine groups is 1. The van der Waals surface area contributed by atoms with Gasteiger partial charge in [-0.2, -0.15) is 5.10 Å². The van der Waals surface area contributed by atoms with Crippen LogP contribution in [0.4, 0.5) is 0 Å². The summed E-state index contributed by atoms with van der Waals surface area (Å²) in [7, 11) is 0. The number of nitrogens with zero attached hydrogens (tertiary/aromatic N) is 4. The fourth-order valence-corrected chi connectivity index (χ4v) is 2.67. The molecule has 0 saturated heterocycles. The number of rotatable bonds is 7. The fraction of sp³-hybridized carbons (Fsp3) is 0.350. The van der Waals surface area contributed by atoms with Gasteiger partial charge in [0.25, 0.3) is 0 Å². The zero-order valence-electron chi connectivity index (χ0n) is 16.7. The Hall–Kier alpha value is -2.07. The SMILES string of the molecule is CCNC(=NCc1cnn(-c2ccc(Cl)cc2)c1)NCc1cc(C(C)C)no1.I. The molecule has 2 aromatic heterocycles. The molecule has 0 amide bonds. The molecule has 0 unspecified atom stereocenters. The minimum atomic E-state index is 0. The molecule has 3 rings (SSSR count). The van der Waals surface area contributed by atoms with Crippen LogP contribution in [0.15, 0.2) is 52.2 Å². The lowest BCUT2D eigenvalue weighted by molar-refractivity contribution is 0.372. The van der Waals surface area contributed by atoms with Crippen molar-refractivity contribution in [3.8, 4) is 5.69 Å². The molecule has 0 aliphatic carbocycles. The number of hydrogen-bond acceptors (Lipinski definition) is 4. The van der Waals surface area contributed by atoms with Crippen LogP contribution in [0, 0.1) is 0 Å². The number of aliphatic imine (C=N–C) groups is 1.